The van der Waals surface area contributed by atoms with E-state index >= 15 is 0 Å². The van der Waals surface area contributed by atoms with E-state index in [1.165, 1.54) is 71.6 Å². The second kappa shape index (κ2) is 12.1. The fourth-order valence-corrected chi connectivity index (χ4v) is 8.63. The first-order valence-corrected chi connectivity index (χ1v) is 17.9. The molecule has 1 nitrogen and oxygen atoms in total. The smallest absolute Gasteiger partial charge is 0.122 e. The van der Waals surface area contributed by atoms with Crippen LogP contribution in [0.4, 0.5) is 0 Å². The summed E-state index contributed by atoms with van der Waals surface area (Å²) >= 11 is 0. The minimum absolute atomic E-state index is 0.0564. The van der Waals surface area contributed by atoms with Gasteiger partial charge in [0.2, 0.25) is 0 Å². The van der Waals surface area contributed by atoms with Gasteiger partial charge in [-0.1, -0.05) is 137 Å². The molecule has 0 spiro atoms. The van der Waals surface area contributed by atoms with Crippen molar-refractivity contribution in [3.05, 3.63) is 173 Å². The lowest BCUT2D eigenvalue weighted by Gasteiger charge is -2.46. The zero-order chi connectivity index (χ0) is 33.8. The number of ether oxygens (including phenoxy) is 1. The highest BCUT2D eigenvalue weighted by molar-refractivity contribution is 5.95. The van der Waals surface area contributed by atoms with E-state index < -0.39 is 0 Å². The molecule has 0 saturated heterocycles. The average Bonchev–Trinajstić information content (AvgIpc) is 3.44. The largest absolute Gasteiger partial charge is 0.486 e. The van der Waals surface area contributed by atoms with Crippen molar-refractivity contribution in [2.24, 2.45) is 5.41 Å². The molecule has 0 heterocycles. The van der Waals surface area contributed by atoms with Crippen molar-refractivity contribution in [3.63, 3.8) is 0 Å². The van der Waals surface area contributed by atoms with Gasteiger partial charge < -0.3 is 4.74 Å². The number of aryl methyl sites for hydroxylation is 1. The first kappa shape index (κ1) is 31.1. The number of hydrogen-bond donors (Lipinski definition) is 0. The molecule has 242 valence electrons. The molecular formula is C48H44O. The molecule has 0 amide bonds. The molecule has 0 radical (unpaired) electrons. The lowest BCUT2D eigenvalue weighted by molar-refractivity contribution is 0.225. The fourth-order valence-electron chi connectivity index (χ4n) is 8.63. The van der Waals surface area contributed by atoms with Crippen LogP contribution in [0, 0.1) is 5.41 Å². The lowest BCUT2D eigenvalue weighted by atomic mass is 9.56. The Morgan fingerprint density at radius 3 is 1.76 bits per heavy atom. The Kier molecular flexibility index (Phi) is 7.68. The van der Waals surface area contributed by atoms with Crippen LogP contribution in [0.3, 0.4) is 0 Å². The Bertz CT molecular complexity index is 2330. The first-order chi connectivity index (χ1) is 23.9. The van der Waals surface area contributed by atoms with Crippen molar-refractivity contribution in [3.8, 4) is 28.0 Å². The molecule has 1 heteroatoms. The summed E-state index contributed by atoms with van der Waals surface area (Å²) in [5.41, 5.74) is 11.5. The van der Waals surface area contributed by atoms with Gasteiger partial charge >= 0.3 is 0 Å². The predicted molar refractivity (Wildman–Crippen MR) is 208 cm³/mol. The van der Waals surface area contributed by atoms with Crippen LogP contribution in [-0.4, -0.2) is 0 Å². The van der Waals surface area contributed by atoms with Crippen molar-refractivity contribution in [2.45, 2.75) is 59.0 Å². The molecule has 0 fully saturated rings. The minimum Gasteiger partial charge on any atom is -0.486 e. The maximum atomic E-state index is 6.84. The molecule has 0 aliphatic heterocycles. The van der Waals surface area contributed by atoms with Crippen LogP contribution >= 0.6 is 0 Å². The maximum absolute atomic E-state index is 6.84. The van der Waals surface area contributed by atoms with Gasteiger partial charge in [-0.05, 0) is 128 Å². The van der Waals surface area contributed by atoms with Crippen molar-refractivity contribution < 1.29 is 4.74 Å². The summed E-state index contributed by atoms with van der Waals surface area (Å²) in [5.74, 6) is 0.883. The Morgan fingerprint density at radius 2 is 1.10 bits per heavy atom. The summed E-state index contributed by atoms with van der Waals surface area (Å²) in [6, 6.07) is 53.9. The summed E-state index contributed by atoms with van der Waals surface area (Å²) in [6.45, 7) is 11.6. The molecule has 8 rings (SSSR count). The van der Waals surface area contributed by atoms with Crippen LogP contribution in [-0.2, 0) is 11.8 Å². The van der Waals surface area contributed by atoms with Crippen LogP contribution in [0.5, 0.6) is 5.75 Å². The third kappa shape index (κ3) is 4.90. The molecule has 2 unspecified atom stereocenters. The highest BCUT2D eigenvalue weighted by Crippen LogP contribution is 2.62. The van der Waals surface area contributed by atoms with Gasteiger partial charge in [0.25, 0.3) is 0 Å². The Hall–Kier alpha value is -5.14. The predicted octanol–water partition coefficient (Wildman–Crippen LogP) is 13.1. The summed E-state index contributed by atoms with van der Waals surface area (Å²) in [5, 5.41) is 5.05. The van der Waals surface area contributed by atoms with Gasteiger partial charge in [-0.2, -0.15) is 0 Å². The number of hydrogen-bond acceptors (Lipinski definition) is 1. The van der Waals surface area contributed by atoms with Gasteiger partial charge in [0.15, 0.2) is 0 Å². The molecule has 0 bridgehead atoms. The van der Waals surface area contributed by atoms with Crippen molar-refractivity contribution in [1.29, 1.82) is 0 Å². The number of rotatable bonds is 8. The Morgan fingerprint density at radius 1 is 0.551 bits per heavy atom. The fraction of sp³-hybridized carbons (Fsp3) is 0.208. The summed E-state index contributed by atoms with van der Waals surface area (Å²) < 4.78 is 6.84. The molecule has 7 aromatic rings. The standard InChI is InChI=1S/C48H44O/c1-6-33-16-12-13-21-40(33)43-29-35-18-9-8-17-34(35)28-42(43)32(3)49-39-26-24-38(25-27-39)48(47(4,5)7-2)45-23-15-14-22-41(45)44-30-36-19-10-11-20-37(36)31-46(44)48/h8-32H,6-7H2,1-5H3. The van der Waals surface area contributed by atoms with Crippen molar-refractivity contribution in [2.75, 3.05) is 0 Å². The zero-order valence-electron chi connectivity index (χ0n) is 29.3. The molecule has 7 aromatic carbocycles. The van der Waals surface area contributed by atoms with Gasteiger partial charge in [0.1, 0.15) is 11.9 Å². The first-order valence-electron chi connectivity index (χ1n) is 17.9. The number of benzene rings is 7. The van der Waals surface area contributed by atoms with E-state index in [0.717, 1.165) is 18.6 Å². The third-order valence-corrected chi connectivity index (χ3v) is 11.5. The Balaban J connectivity index is 1.23. The second-order valence-electron chi connectivity index (χ2n) is 14.4. The van der Waals surface area contributed by atoms with Gasteiger partial charge in [0.05, 0.1) is 5.41 Å². The van der Waals surface area contributed by atoms with E-state index in [1.54, 1.807) is 0 Å². The van der Waals surface area contributed by atoms with Gasteiger partial charge in [-0.15, -0.1) is 0 Å². The van der Waals surface area contributed by atoms with Crippen LogP contribution in [0.1, 0.15) is 75.0 Å². The van der Waals surface area contributed by atoms with Crippen LogP contribution in [0.2, 0.25) is 0 Å². The quantitative estimate of drug-likeness (QED) is 0.161. The van der Waals surface area contributed by atoms with E-state index in [4.69, 9.17) is 4.74 Å². The second-order valence-corrected chi connectivity index (χ2v) is 14.4. The molecule has 1 aliphatic rings. The molecular weight excluding hydrogens is 593 g/mol. The average molecular weight is 637 g/mol. The molecule has 0 N–H and O–H groups in total. The molecule has 49 heavy (non-hydrogen) atoms. The van der Waals surface area contributed by atoms with Gasteiger partial charge in [-0.3, -0.25) is 0 Å². The van der Waals surface area contributed by atoms with Crippen molar-refractivity contribution in [1.82, 2.24) is 0 Å². The minimum atomic E-state index is -0.308. The maximum Gasteiger partial charge on any atom is 0.122 e. The van der Waals surface area contributed by atoms with E-state index in [0.29, 0.717) is 0 Å². The summed E-state index contributed by atoms with van der Waals surface area (Å²) in [4.78, 5) is 0. The Labute approximate surface area is 291 Å². The molecule has 0 saturated carbocycles. The molecule has 2 atom stereocenters. The topological polar surface area (TPSA) is 9.23 Å². The van der Waals surface area contributed by atoms with E-state index in [-0.39, 0.29) is 16.9 Å². The SMILES string of the molecule is CCc1ccccc1-c1cc2ccccc2cc1C(C)Oc1ccc(C2(C(C)(C)CC)c3ccccc3-c3cc4ccccc4cc32)cc1. The van der Waals surface area contributed by atoms with E-state index in [9.17, 15) is 0 Å². The summed E-state index contributed by atoms with van der Waals surface area (Å²) in [6.07, 6.45) is 1.87. The third-order valence-electron chi connectivity index (χ3n) is 11.5. The molecule has 0 aromatic heterocycles. The lowest BCUT2D eigenvalue weighted by Crippen LogP contribution is -2.42. The monoisotopic (exact) mass is 636 g/mol. The van der Waals surface area contributed by atoms with Crippen molar-refractivity contribution >= 4 is 21.5 Å². The summed E-state index contributed by atoms with van der Waals surface area (Å²) in [7, 11) is 0. The van der Waals surface area contributed by atoms with E-state index in [2.05, 4.69) is 180 Å². The van der Waals surface area contributed by atoms with Crippen LogP contribution < -0.4 is 4.74 Å². The van der Waals surface area contributed by atoms with Gasteiger partial charge in [-0.25, -0.2) is 0 Å². The number of fused-ring (bicyclic) bond motifs is 5. The van der Waals surface area contributed by atoms with E-state index in [1.807, 2.05) is 0 Å². The normalized spacial score (nSPS) is 16.0. The van der Waals surface area contributed by atoms with Crippen LogP contribution in [0.15, 0.2) is 146 Å². The van der Waals surface area contributed by atoms with Crippen LogP contribution in [0.25, 0.3) is 43.8 Å². The zero-order valence-corrected chi connectivity index (χ0v) is 29.3. The van der Waals surface area contributed by atoms with Gasteiger partial charge in [0, 0.05) is 5.56 Å². The molecule has 1 aliphatic carbocycles. The highest BCUT2D eigenvalue weighted by atomic mass is 16.5. The highest BCUT2D eigenvalue weighted by Gasteiger charge is 2.53.